The van der Waals surface area contributed by atoms with Crippen LogP contribution in [0.25, 0.3) is 0 Å². The van der Waals surface area contributed by atoms with E-state index < -0.39 is 0 Å². The van der Waals surface area contributed by atoms with Gasteiger partial charge in [-0.2, -0.15) is 0 Å². The molecule has 1 aliphatic heterocycles. The van der Waals surface area contributed by atoms with Crippen LogP contribution in [0.1, 0.15) is 25.8 Å². The van der Waals surface area contributed by atoms with E-state index in [0.29, 0.717) is 6.54 Å². The van der Waals surface area contributed by atoms with Crippen molar-refractivity contribution in [3.63, 3.8) is 0 Å². The number of aliphatic imine (C=N–C) groups is 1. The number of guanidine groups is 1. The topological polar surface area (TPSA) is 39.7 Å². The third-order valence-electron chi connectivity index (χ3n) is 4.24. The lowest BCUT2D eigenvalue weighted by Gasteiger charge is -2.35. The normalized spacial score (nSPS) is 22.9. The first-order valence-corrected chi connectivity index (χ1v) is 8.48. The molecule has 2 unspecified atom stereocenters. The van der Waals surface area contributed by atoms with E-state index in [2.05, 4.69) is 34.4 Å². The highest BCUT2D eigenvalue weighted by atomic mass is 19.1. The molecule has 1 heterocycles. The van der Waals surface area contributed by atoms with Gasteiger partial charge in [0, 0.05) is 39.8 Å². The number of benzene rings is 1. The molecule has 1 fully saturated rings. The van der Waals surface area contributed by atoms with E-state index in [4.69, 9.17) is 0 Å². The van der Waals surface area contributed by atoms with Crippen molar-refractivity contribution in [1.82, 2.24) is 15.5 Å². The van der Waals surface area contributed by atoms with Crippen molar-refractivity contribution < 1.29 is 4.39 Å². The van der Waals surface area contributed by atoms with Crippen LogP contribution in [-0.2, 0) is 6.54 Å². The van der Waals surface area contributed by atoms with Crippen molar-refractivity contribution in [2.75, 3.05) is 33.2 Å². The van der Waals surface area contributed by atoms with Gasteiger partial charge < -0.3 is 15.5 Å². The van der Waals surface area contributed by atoms with Crippen LogP contribution in [0, 0.1) is 17.7 Å². The Morgan fingerprint density at radius 2 is 2.00 bits per heavy atom. The summed E-state index contributed by atoms with van der Waals surface area (Å²) in [6.07, 6.45) is 1.33. The molecule has 0 spiro atoms. The van der Waals surface area contributed by atoms with E-state index in [1.54, 1.807) is 13.1 Å². The lowest BCUT2D eigenvalue weighted by molar-refractivity contribution is 0.143. The SMILES string of the molecule is CN=C(NCCN1CC(C)CC(C)C1)NCc1cccc(F)c1. The summed E-state index contributed by atoms with van der Waals surface area (Å²) in [6, 6.07) is 6.62. The summed E-state index contributed by atoms with van der Waals surface area (Å²) in [7, 11) is 1.76. The molecule has 23 heavy (non-hydrogen) atoms. The number of hydrogen-bond donors (Lipinski definition) is 2. The third kappa shape index (κ3) is 6.18. The van der Waals surface area contributed by atoms with Gasteiger partial charge in [-0.1, -0.05) is 26.0 Å². The van der Waals surface area contributed by atoms with Gasteiger partial charge in [-0.25, -0.2) is 4.39 Å². The first-order valence-electron chi connectivity index (χ1n) is 8.48. The number of nitrogens with zero attached hydrogens (tertiary/aromatic N) is 2. The van der Waals surface area contributed by atoms with Crippen LogP contribution in [-0.4, -0.2) is 44.1 Å². The highest BCUT2D eigenvalue weighted by Gasteiger charge is 2.21. The monoisotopic (exact) mass is 320 g/mol. The molecule has 0 radical (unpaired) electrons. The molecule has 5 heteroatoms. The average Bonchev–Trinajstić information content (AvgIpc) is 2.50. The fourth-order valence-electron chi connectivity index (χ4n) is 3.36. The summed E-state index contributed by atoms with van der Waals surface area (Å²) in [5.41, 5.74) is 0.909. The molecule has 1 aromatic rings. The van der Waals surface area contributed by atoms with Crippen LogP contribution in [0.15, 0.2) is 29.3 Å². The van der Waals surface area contributed by atoms with Crippen molar-refractivity contribution in [2.45, 2.75) is 26.8 Å². The number of hydrogen-bond acceptors (Lipinski definition) is 2. The molecule has 1 saturated heterocycles. The van der Waals surface area contributed by atoms with E-state index in [1.165, 1.54) is 31.6 Å². The van der Waals surface area contributed by atoms with Gasteiger partial charge in [-0.05, 0) is 36.0 Å². The zero-order valence-corrected chi connectivity index (χ0v) is 14.5. The second kappa shape index (κ2) is 8.87. The van der Waals surface area contributed by atoms with Gasteiger partial charge in [0.25, 0.3) is 0 Å². The summed E-state index contributed by atoms with van der Waals surface area (Å²) in [4.78, 5) is 6.74. The third-order valence-corrected chi connectivity index (χ3v) is 4.24. The molecule has 0 aliphatic carbocycles. The van der Waals surface area contributed by atoms with Crippen molar-refractivity contribution in [3.05, 3.63) is 35.6 Å². The minimum absolute atomic E-state index is 0.208. The number of rotatable bonds is 5. The Balaban J connectivity index is 1.71. The van der Waals surface area contributed by atoms with Gasteiger partial charge in [0.15, 0.2) is 5.96 Å². The maximum atomic E-state index is 13.2. The molecule has 2 atom stereocenters. The maximum Gasteiger partial charge on any atom is 0.191 e. The van der Waals surface area contributed by atoms with E-state index in [1.807, 2.05) is 6.07 Å². The van der Waals surface area contributed by atoms with Crippen LogP contribution in [0.5, 0.6) is 0 Å². The Kier molecular flexibility index (Phi) is 6.84. The standard InChI is InChI=1S/C18H29FN4/c1-14-9-15(2)13-23(12-14)8-7-21-18(20-3)22-11-16-5-4-6-17(19)10-16/h4-6,10,14-15H,7-9,11-13H2,1-3H3,(H2,20,21,22). The number of halogens is 1. The fraction of sp³-hybridized carbons (Fsp3) is 0.611. The van der Waals surface area contributed by atoms with Gasteiger partial charge >= 0.3 is 0 Å². The maximum absolute atomic E-state index is 13.2. The lowest BCUT2D eigenvalue weighted by Crippen LogP contribution is -2.45. The van der Waals surface area contributed by atoms with Gasteiger partial charge in [-0.3, -0.25) is 4.99 Å². The molecule has 128 valence electrons. The second-order valence-electron chi connectivity index (χ2n) is 6.69. The van der Waals surface area contributed by atoms with Crippen molar-refractivity contribution in [3.8, 4) is 0 Å². The van der Waals surface area contributed by atoms with E-state index >= 15 is 0 Å². The Bertz CT molecular complexity index is 507. The summed E-state index contributed by atoms with van der Waals surface area (Å²) < 4.78 is 13.2. The highest BCUT2D eigenvalue weighted by Crippen LogP contribution is 2.20. The average molecular weight is 320 g/mol. The molecule has 1 aliphatic rings. The molecule has 2 N–H and O–H groups in total. The van der Waals surface area contributed by atoms with E-state index in [0.717, 1.165) is 36.4 Å². The molecule has 0 saturated carbocycles. The van der Waals surface area contributed by atoms with Crippen LogP contribution in [0.3, 0.4) is 0 Å². The quantitative estimate of drug-likeness (QED) is 0.647. The second-order valence-corrected chi connectivity index (χ2v) is 6.69. The minimum atomic E-state index is -0.208. The zero-order valence-electron chi connectivity index (χ0n) is 14.5. The molecule has 4 nitrogen and oxygen atoms in total. The highest BCUT2D eigenvalue weighted by molar-refractivity contribution is 5.79. The van der Waals surface area contributed by atoms with Crippen molar-refractivity contribution in [1.29, 1.82) is 0 Å². The van der Waals surface area contributed by atoms with Crippen LogP contribution >= 0.6 is 0 Å². The molecule has 2 rings (SSSR count). The summed E-state index contributed by atoms with van der Waals surface area (Å²) in [6.45, 7) is 9.47. The summed E-state index contributed by atoms with van der Waals surface area (Å²) in [5, 5.41) is 6.56. The predicted molar refractivity (Wildman–Crippen MR) is 94.0 cm³/mol. The number of nitrogens with one attached hydrogen (secondary N) is 2. The largest absolute Gasteiger partial charge is 0.355 e. The Morgan fingerprint density at radius 3 is 2.65 bits per heavy atom. The van der Waals surface area contributed by atoms with Crippen LogP contribution < -0.4 is 10.6 Å². The van der Waals surface area contributed by atoms with Gasteiger partial charge in [0.1, 0.15) is 5.82 Å². The molecule has 0 amide bonds. The molecule has 0 bridgehead atoms. The smallest absolute Gasteiger partial charge is 0.191 e. The molecule has 0 aromatic heterocycles. The number of piperidine rings is 1. The fourth-order valence-corrected chi connectivity index (χ4v) is 3.36. The first-order chi connectivity index (χ1) is 11.1. The number of likely N-dealkylation sites (tertiary alicyclic amines) is 1. The Hall–Kier alpha value is -1.62. The van der Waals surface area contributed by atoms with Gasteiger partial charge in [0.2, 0.25) is 0 Å². The van der Waals surface area contributed by atoms with Crippen LogP contribution in [0.4, 0.5) is 4.39 Å². The van der Waals surface area contributed by atoms with Crippen LogP contribution in [0.2, 0.25) is 0 Å². The van der Waals surface area contributed by atoms with E-state index in [-0.39, 0.29) is 5.82 Å². The summed E-state index contributed by atoms with van der Waals surface area (Å²) >= 11 is 0. The Labute approximate surface area is 139 Å². The first kappa shape index (κ1) is 17.7. The molecular weight excluding hydrogens is 291 g/mol. The minimum Gasteiger partial charge on any atom is -0.355 e. The van der Waals surface area contributed by atoms with Gasteiger partial charge in [-0.15, -0.1) is 0 Å². The molecular formula is C18H29FN4. The lowest BCUT2D eigenvalue weighted by atomic mass is 9.92. The summed E-state index contributed by atoms with van der Waals surface area (Å²) in [5.74, 6) is 2.11. The predicted octanol–water partition coefficient (Wildman–Crippen LogP) is 2.47. The van der Waals surface area contributed by atoms with Crippen molar-refractivity contribution >= 4 is 5.96 Å². The molecule has 1 aromatic carbocycles. The zero-order chi connectivity index (χ0) is 16.7. The van der Waals surface area contributed by atoms with Gasteiger partial charge in [0.05, 0.1) is 0 Å². The van der Waals surface area contributed by atoms with E-state index in [9.17, 15) is 4.39 Å². The Morgan fingerprint density at radius 1 is 1.26 bits per heavy atom. The van der Waals surface area contributed by atoms with Crippen molar-refractivity contribution in [2.24, 2.45) is 16.8 Å².